The lowest BCUT2D eigenvalue weighted by atomic mass is 9.96. The zero-order valence-corrected chi connectivity index (χ0v) is 16.4. The van der Waals surface area contributed by atoms with E-state index in [0.717, 1.165) is 5.56 Å². The van der Waals surface area contributed by atoms with Crippen LogP contribution in [0.25, 0.3) is 0 Å². The van der Waals surface area contributed by atoms with Crippen LogP contribution in [0.15, 0.2) is 30.3 Å². The molecule has 0 unspecified atom stereocenters. The van der Waals surface area contributed by atoms with Gasteiger partial charge in [0, 0.05) is 14.1 Å². The molecule has 1 fully saturated rings. The molecule has 0 N–H and O–H groups in total. The maximum Gasteiger partial charge on any atom is 0.227 e. The number of nitrogens with zero attached hydrogens (tertiary/aromatic N) is 1. The molecular weight excluding hydrogens is 302 g/mol. The molecule has 0 bridgehead atoms. The van der Waals surface area contributed by atoms with Crippen molar-refractivity contribution in [2.24, 2.45) is 5.92 Å². The summed E-state index contributed by atoms with van der Waals surface area (Å²) in [6.45, 7) is 8.92. The van der Waals surface area contributed by atoms with Crippen LogP contribution in [-0.2, 0) is 9.22 Å². The highest BCUT2D eigenvalue weighted by molar-refractivity contribution is 6.79. The van der Waals surface area contributed by atoms with Crippen LogP contribution in [-0.4, -0.2) is 33.2 Å². The molecule has 1 amide bonds. The molecule has 0 saturated carbocycles. The molecule has 4 heteroatoms. The van der Waals surface area contributed by atoms with Crippen LogP contribution in [0.5, 0.6) is 0 Å². The van der Waals surface area contributed by atoms with Gasteiger partial charge >= 0.3 is 0 Å². The summed E-state index contributed by atoms with van der Waals surface area (Å²) in [5.74, 6) is -0.0315. The van der Waals surface area contributed by atoms with Gasteiger partial charge in [0.1, 0.15) is 0 Å². The Kier molecular flexibility index (Phi) is 5.36. The van der Waals surface area contributed by atoms with Gasteiger partial charge in [0.15, 0.2) is 8.32 Å². The van der Waals surface area contributed by atoms with E-state index in [2.05, 4.69) is 32.9 Å². The lowest BCUT2D eigenvalue weighted by Gasteiger charge is -2.51. The minimum atomic E-state index is -1.80. The molecular formula is C19H31NO2Si. The summed E-state index contributed by atoms with van der Waals surface area (Å²) in [7, 11) is 1.84. The zero-order valence-electron chi connectivity index (χ0n) is 15.4. The fraction of sp³-hybridized carbons (Fsp3) is 0.632. The minimum Gasteiger partial charge on any atom is -0.409 e. The highest BCUT2D eigenvalue weighted by Crippen LogP contribution is 2.53. The number of benzene rings is 1. The molecule has 2 atom stereocenters. The lowest BCUT2D eigenvalue weighted by Crippen LogP contribution is -2.54. The number of carbonyl (C=O) groups excluding carboxylic acids is 1. The fourth-order valence-electron chi connectivity index (χ4n) is 3.42. The first-order valence-corrected chi connectivity index (χ1v) is 10.9. The van der Waals surface area contributed by atoms with Gasteiger partial charge in [-0.05, 0) is 22.7 Å². The van der Waals surface area contributed by atoms with Gasteiger partial charge < -0.3 is 9.33 Å². The highest BCUT2D eigenvalue weighted by atomic mass is 28.4. The molecule has 3 nitrogen and oxygen atoms in total. The molecule has 2 rings (SSSR count). The normalized spacial score (nSPS) is 19.6. The van der Waals surface area contributed by atoms with Crippen LogP contribution in [0.2, 0.25) is 17.1 Å². The molecule has 1 saturated heterocycles. The van der Waals surface area contributed by atoms with Gasteiger partial charge in [-0.15, -0.1) is 0 Å². The summed E-state index contributed by atoms with van der Waals surface area (Å²) in [6, 6.07) is 12.7. The van der Waals surface area contributed by atoms with Gasteiger partial charge in [-0.1, -0.05) is 64.4 Å². The van der Waals surface area contributed by atoms with Crippen molar-refractivity contribution in [3.05, 3.63) is 35.9 Å². The Labute approximate surface area is 142 Å². The summed E-state index contributed by atoms with van der Waals surface area (Å²) in [6.07, 6.45) is 1.12. The lowest BCUT2D eigenvalue weighted by molar-refractivity contribution is -0.135. The van der Waals surface area contributed by atoms with Crippen LogP contribution in [0.4, 0.5) is 0 Å². The second-order valence-corrected chi connectivity index (χ2v) is 12.8. The monoisotopic (exact) mass is 333 g/mol. The van der Waals surface area contributed by atoms with Crippen LogP contribution in [0, 0.1) is 5.92 Å². The summed E-state index contributed by atoms with van der Waals surface area (Å²) in [4.78, 5) is 14.2. The van der Waals surface area contributed by atoms with E-state index in [4.69, 9.17) is 4.43 Å². The third-order valence-corrected chi connectivity index (χ3v) is 11.1. The standard InChI is InChI=1S/C19H31NO2Si/c1-15(18(21)20(5)6)17(16-11-8-7-9-12-16)22-23(13-10-14-23)19(2,3)4/h7-9,11-12,15,17H,10,13-14H2,1-6H3/t15-,17+/m1/s1. The number of hydrogen-bond acceptors (Lipinski definition) is 2. The molecule has 1 aliphatic rings. The fourth-order valence-corrected chi connectivity index (χ4v) is 7.34. The first-order valence-electron chi connectivity index (χ1n) is 8.62. The summed E-state index contributed by atoms with van der Waals surface area (Å²) < 4.78 is 6.85. The Hall–Kier alpha value is -1.13. The van der Waals surface area contributed by atoms with E-state index in [0.29, 0.717) is 0 Å². The number of rotatable bonds is 5. The third kappa shape index (κ3) is 3.69. The van der Waals surface area contributed by atoms with E-state index in [1.807, 2.05) is 39.2 Å². The van der Waals surface area contributed by atoms with E-state index in [9.17, 15) is 4.79 Å². The highest BCUT2D eigenvalue weighted by Gasteiger charge is 2.53. The Bertz CT molecular complexity index is 532. The smallest absolute Gasteiger partial charge is 0.227 e. The predicted molar refractivity (Wildman–Crippen MR) is 97.8 cm³/mol. The maximum absolute atomic E-state index is 12.6. The SMILES string of the molecule is C[C@@H](C(=O)N(C)C)[C@H](O[Si]1(C(C)(C)C)CCC1)c1ccccc1. The first kappa shape index (κ1) is 18.2. The van der Waals surface area contributed by atoms with Gasteiger partial charge in [0.25, 0.3) is 0 Å². The summed E-state index contributed by atoms with van der Waals surface area (Å²) in [5, 5.41) is 0.208. The molecule has 1 heterocycles. The quantitative estimate of drug-likeness (QED) is 0.736. The van der Waals surface area contributed by atoms with Crippen molar-refractivity contribution in [2.45, 2.75) is 57.3 Å². The van der Waals surface area contributed by atoms with Crippen molar-refractivity contribution < 1.29 is 9.22 Å². The Balaban J connectivity index is 2.33. The minimum absolute atomic E-state index is 0.135. The van der Waals surface area contributed by atoms with Crippen molar-refractivity contribution in [2.75, 3.05) is 14.1 Å². The van der Waals surface area contributed by atoms with Gasteiger partial charge in [-0.2, -0.15) is 0 Å². The van der Waals surface area contributed by atoms with Gasteiger partial charge in [0.05, 0.1) is 12.0 Å². The topological polar surface area (TPSA) is 29.5 Å². The van der Waals surface area contributed by atoms with E-state index in [1.165, 1.54) is 18.5 Å². The first-order chi connectivity index (χ1) is 10.7. The third-order valence-electron chi connectivity index (χ3n) is 5.29. The largest absolute Gasteiger partial charge is 0.409 e. The van der Waals surface area contributed by atoms with Crippen molar-refractivity contribution in [3.63, 3.8) is 0 Å². The second kappa shape index (κ2) is 6.77. The molecule has 0 spiro atoms. The Morgan fingerprint density at radius 3 is 2.13 bits per heavy atom. The molecule has 0 aromatic heterocycles. The maximum atomic E-state index is 12.6. The Morgan fingerprint density at radius 1 is 1.17 bits per heavy atom. The van der Waals surface area contributed by atoms with E-state index in [1.54, 1.807) is 4.90 Å². The van der Waals surface area contributed by atoms with E-state index < -0.39 is 8.32 Å². The molecule has 0 radical (unpaired) electrons. The van der Waals surface area contributed by atoms with Crippen molar-refractivity contribution in [1.29, 1.82) is 0 Å². The number of carbonyl (C=O) groups is 1. The van der Waals surface area contributed by atoms with Crippen LogP contribution < -0.4 is 0 Å². The second-order valence-electron chi connectivity index (χ2n) is 8.07. The van der Waals surface area contributed by atoms with Crippen LogP contribution >= 0.6 is 0 Å². The molecule has 1 aliphatic heterocycles. The molecule has 1 aromatic carbocycles. The summed E-state index contributed by atoms with van der Waals surface area (Å²) >= 11 is 0. The van der Waals surface area contributed by atoms with Gasteiger partial charge in [-0.3, -0.25) is 4.79 Å². The molecule has 23 heavy (non-hydrogen) atoms. The van der Waals surface area contributed by atoms with Crippen LogP contribution in [0.3, 0.4) is 0 Å². The van der Waals surface area contributed by atoms with Crippen LogP contribution in [0.1, 0.15) is 45.8 Å². The average Bonchev–Trinajstić information content (AvgIpc) is 2.44. The molecule has 1 aromatic rings. The predicted octanol–water partition coefficient (Wildman–Crippen LogP) is 4.62. The van der Waals surface area contributed by atoms with E-state index in [-0.39, 0.29) is 23.0 Å². The van der Waals surface area contributed by atoms with E-state index >= 15 is 0 Å². The molecule has 0 aliphatic carbocycles. The molecule has 128 valence electrons. The Morgan fingerprint density at radius 2 is 1.74 bits per heavy atom. The van der Waals surface area contributed by atoms with Crippen molar-refractivity contribution in [3.8, 4) is 0 Å². The summed E-state index contributed by atoms with van der Waals surface area (Å²) in [5.41, 5.74) is 1.12. The number of amides is 1. The van der Waals surface area contributed by atoms with Gasteiger partial charge in [0.2, 0.25) is 5.91 Å². The van der Waals surface area contributed by atoms with Crippen molar-refractivity contribution in [1.82, 2.24) is 4.90 Å². The number of hydrogen-bond donors (Lipinski definition) is 0. The van der Waals surface area contributed by atoms with Crippen molar-refractivity contribution >= 4 is 14.2 Å². The average molecular weight is 334 g/mol. The van der Waals surface area contributed by atoms with Gasteiger partial charge in [-0.25, -0.2) is 0 Å². The zero-order chi connectivity index (χ0) is 17.3.